The van der Waals surface area contributed by atoms with E-state index in [4.69, 9.17) is 15.2 Å². The van der Waals surface area contributed by atoms with E-state index in [9.17, 15) is 4.79 Å². The van der Waals surface area contributed by atoms with Gasteiger partial charge in [-0.15, -0.1) is 0 Å². The van der Waals surface area contributed by atoms with Crippen LogP contribution < -0.4 is 15.8 Å². The molecule has 0 fully saturated rings. The van der Waals surface area contributed by atoms with E-state index in [1.807, 2.05) is 54.6 Å². The van der Waals surface area contributed by atoms with E-state index in [1.54, 1.807) is 14.0 Å². The average Bonchev–Trinajstić information content (AvgIpc) is 2.68. The maximum atomic E-state index is 12.7. The van der Waals surface area contributed by atoms with Gasteiger partial charge >= 0.3 is 5.97 Å². The molecule has 0 bridgehead atoms. The minimum Gasteiger partial charge on any atom is -0.497 e. The number of esters is 1. The third-order valence-corrected chi connectivity index (χ3v) is 4.05. The second-order valence-corrected chi connectivity index (χ2v) is 5.69. The molecule has 0 aliphatic carbocycles. The topological polar surface area (TPSA) is 85.9 Å². The standard InChI is InChI=1S/C20H21N3O3/c1-3-26-19(24)16-17(13-7-5-4-6-8-13)22-20(21)23-18(16)14-9-11-15(25-2)12-10-14/h4-12,18H,3H2,1-2H3,(H3,21,22,23). The maximum Gasteiger partial charge on any atom is 0.338 e. The minimum absolute atomic E-state index is 0.248. The molecule has 0 amide bonds. The lowest BCUT2D eigenvalue weighted by molar-refractivity contribution is -0.138. The Morgan fingerprint density at radius 1 is 1.15 bits per heavy atom. The summed E-state index contributed by atoms with van der Waals surface area (Å²) >= 11 is 0. The lowest BCUT2D eigenvalue weighted by atomic mass is 9.93. The number of nitrogens with one attached hydrogen (secondary N) is 1. The third-order valence-electron chi connectivity index (χ3n) is 4.05. The van der Waals surface area contributed by atoms with E-state index in [1.165, 1.54) is 0 Å². The number of nitrogens with zero attached hydrogens (tertiary/aromatic N) is 1. The second-order valence-electron chi connectivity index (χ2n) is 5.69. The first kappa shape index (κ1) is 17.5. The molecule has 26 heavy (non-hydrogen) atoms. The molecule has 2 aromatic carbocycles. The molecule has 0 aromatic heterocycles. The van der Waals surface area contributed by atoms with Gasteiger partial charge in [0.2, 0.25) is 0 Å². The van der Waals surface area contributed by atoms with E-state index in [2.05, 4.69) is 10.3 Å². The molecule has 0 radical (unpaired) electrons. The van der Waals surface area contributed by atoms with Gasteiger partial charge in [0.25, 0.3) is 0 Å². The molecule has 1 aliphatic heterocycles. The van der Waals surface area contributed by atoms with Crippen LogP contribution in [0.3, 0.4) is 0 Å². The molecule has 134 valence electrons. The fourth-order valence-corrected chi connectivity index (χ4v) is 2.85. The predicted molar refractivity (Wildman–Crippen MR) is 100 cm³/mol. The molecule has 3 N–H and O–H groups in total. The summed E-state index contributed by atoms with van der Waals surface area (Å²) in [4.78, 5) is 17.2. The predicted octanol–water partition coefficient (Wildman–Crippen LogP) is 2.63. The molecule has 0 saturated heterocycles. The summed E-state index contributed by atoms with van der Waals surface area (Å²) in [6.07, 6.45) is 0. The molecular formula is C20H21N3O3. The SMILES string of the molecule is CCOC(=O)C1=C(c2ccccc2)NC(N)=NC1c1ccc(OC)cc1. The van der Waals surface area contributed by atoms with Crippen molar-refractivity contribution in [3.8, 4) is 5.75 Å². The summed E-state index contributed by atoms with van der Waals surface area (Å²) in [7, 11) is 1.60. The summed E-state index contributed by atoms with van der Waals surface area (Å²) < 4.78 is 10.5. The van der Waals surface area contributed by atoms with Gasteiger partial charge in [0.05, 0.1) is 25.0 Å². The van der Waals surface area contributed by atoms with Crippen LogP contribution in [0.25, 0.3) is 5.70 Å². The zero-order valence-corrected chi connectivity index (χ0v) is 14.7. The van der Waals surface area contributed by atoms with E-state index >= 15 is 0 Å². The molecule has 1 unspecified atom stereocenters. The van der Waals surface area contributed by atoms with Crippen molar-refractivity contribution in [1.29, 1.82) is 0 Å². The van der Waals surface area contributed by atoms with Gasteiger partial charge in [-0.3, -0.25) is 0 Å². The Bertz CT molecular complexity index is 842. The van der Waals surface area contributed by atoms with Gasteiger partial charge in [-0.2, -0.15) is 0 Å². The van der Waals surface area contributed by atoms with Crippen LogP contribution >= 0.6 is 0 Å². The Balaban J connectivity index is 2.13. The van der Waals surface area contributed by atoms with Gasteiger partial charge in [-0.25, -0.2) is 9.79 Å². The van der Waals surface area contributed by atoms with Crippen molar-refractivity contribution < 1.29 is 14.3 Å². The number of nitrogens with two attached hydrogens (primary N) is 1. The number of aliphatic imine (C=N–C) groups is 1. The van der Waals surface area contributed by atoms with Gasteiger partial charge < -0.3 is 20.5 Å². The minimum atomic E-state index is -0.559. The molecule has 0 spiro atoms. The Morgan fingerprint density at radius 3 is 2.46 bits per heavy atom. The zero-order chi connectivity index (χ0) is 18.5. The highest BCUT2D eigenvalue weighted by Crippen LogP contribution is 2.35. The van der Waals surface area contributed by atoms with Crippen LogP contribution in [-0.2, 0) is 9.53 Å². The lowest BCUT2D eigenvalue weighted by Gasteiger charge is -2.26. The maximum absolute atomic E-state index is 12.7. The number of methoxy groups -OCH3 is 1. The molecule has 2 aromatic rings. The summed E-state index contributed by atoms with van der Waals surface area (Å²) in [5, 5.41) is 3.03. The normalized spacial score (nSPS) is 16.5. The number of guanidine groups is 1. The van der Waals surface area contributed by atoms with Crippen LogP contribution in [0.4, 0.5) is 0 Å². The van der Waals surface area contributed by atoms with Crippen molar-refractivity contribution in [2.45, 2.75) is 13.0 Å². The highest BCUT2D eigenvalue weighted by atomic mass is 16.5. The molecule has 1 atom stereocenters. The molecule has 1 heterocycles. The summed E-state index contributed by atoms with van der Waals surface area (Å²) in [6.45, 7) is 2.05. The first-order valence-corrected chi connectivity index (χ1v) is 8.35. The molecule has 0 saturated carbocycles. The average molecular weight is 351 g/mol. The number of rotatable bonds is 5. The number of carbonyl (C=O) groups is 1. The number of hydrogen-bond acceptors (Lipinski definition) is 6. The van der Waals surface area contributed by atoms with Gasteiger partial charge in [0, 0.05) is 0 Å². The van der Waals surface area contributed by atoms with Crippen molar-refractivity contribution in [3.63, 3.8) is 0 Å². The van der Waals surface area contributed by atoms with Crippen LogP contribution in [0, 0.1) is 0 Å². The van der Waals surface area contributed by atoms with Gasteiger partial charge in [-0.05, 0) is 30.2 Å². The zero-order valence-electron chi connectivity index (χ0n) is 14.7. The van der Waals surface area contributed by atoms with Crippen molar-refractivity contribution in [2.75, 3.05) is 13.7 Å². The van der Waals surface area contributed by atoms with Gasteiger partial charge in [0.15, 0.2) is 5.96 Å². The Labute approximate surface area is 152 Å². The largest absolute Gasteiger partial charge is 0.497 e. The van der Waals surface area contributed by atoms with Gasteiger partial charge in [0.1, 0.15) is 11.8 Å². The van der Waals surface area contributed by atoms with Crippen LogP contribution in [0.15, 0.2) is 65.2 Å². The smallest absolute Gasteiger partial charge is 0.338 e. The number of benzene rings is 2. The highest BCUT2D eigenvalue weighted by molar-refractivity contribution is 6.04. The summed E-state index contributed by atoms with van der Waals surface area (Å²) in [5.41, 5.74) is 8.71. The van der Waals surface area contributed by atoms with Crippen molar-refractivity contribution in [1.82, 2.24) is 5.32 Å². The summed E-state index contributed by atoms with van der Waals surface area (Å²) in [6, 6.07) is 16.4. The molecule has 6 heteroatoms. The lowest BCUT2D eigenvalue weighted by Crippen LogP contribution is -2.37. The molecular weight excluding hydrogens is 330 g/mol. The second kappa shape index (κ2) is 7.74. The summed E-state index contributed by atoms with van der Waals surface area (Å²) in [5.74, 6) is 0.554. The quantitative estimate of drug-likeness (QED) is 0.809. The van der Waals surface area contributed by atoms with Crippen LogP contribution in [0.2, 0.25) is 0 Å². The molecule has 1 aliphatic rings. The number of ether oxygens (including phenoxy) is 2. The molecule has 6 nitrogen and oxygen atoms in total. The van der Waals surface area contributed by atoms with Crippen molar-refractivity contribution in [2.24, 2.45) is 10.7 Å². The Morgan fingerprint density at radius 2 is 1.85 bits per heavy atom. The van der Waals surface area contributed by atoms with E-state index in [0.717, 1.165) is 16.9 Å². The van der Waals surface area contributed by atoms with Crippen LogP contribution in [0.1, 0.15) is 24.1 Å². The highest BCUT2D eigenvalue weighted by Gasteiger charge is 2.31. The fraction of sp³-hybridized carbons (Fsp3) is 0.200. The first-order chi connectivity index (χ1) is 12.6. The van der Waals surface area contributed by atoms with Crippen molar-refractivity contribution >= 4 is 17.6 Å². The van der Waals surface area contributed by atoms with Crippen LogP contribution in [0.5, 0.6) is 5.75 Å². The monoisotopic (exact) mass is 351 g/mol. The molecule has 3 rings (SSSR count). The van der Waals surface area contributed by atoms with E-state index in [0.29, 0.717) is 11.3 Å². The van der Waals surface area contributed by atoms with Crippen LogP contribution in [-0.4, -0.2) is 25.6 Å². The van der Waals surface area contributed by atoms with Gasteiger partial charge in [-0.1, -0.05) is 42.5 Å². The Kier molecular flexibility index (Phi) is 5.22. The fourth-order valence-electron chi connectivity index (χ4n) is 2.85. The first-order valence-electron chi connectivity index (χ1n) is 8.35. The van der Waals surface area contributed by atoms with E-state index < -0.39 is 12.0 Å². The number of hydrogen-bond donors (Lipinski definition) is 2. The van der Waals surface area contributed by atoms with Crippen molar-refractivity contribution in [3.05, 3.63) is 71.3 Å². The van der Waals surface area contributed by atoms with E-state index in [-0.39, 0.29) is 12.6 Å². The number of carbonyl (C=O) groups excluding carboxylic acids is 1. The third kappa shape index (κ3) is 3.54. The Hall–Kier alpha value is -3.28.